The van der Waals surface area contributed by atoms with E-state index in [0.717, 1.165) is 5.39 Å². The van der Waals surface area contributed by atoms with Crippen molar-refractivity contribution in [3.63, 3.8) is 0 Å². The summed E-state index contributed by atoms with van der Waals surface area (Å²) in [6.07, 6.45) is -1.72. The summed E-state index contributed by atoms with van der Waals surface area (Å²) in [5, 5.41) is 29.2. The molecule has 0 unspecified atom stereocenters. The number of aliphatic hydroxyl groups is 1. The number of aliphatic hydroxyl groups excluding tert-OH is 1. The fraction of sp³-hybridized carbons (Fsp3) is 0.0833. The van der Waals surface area contributed by atoms with Crippen molar-refractivity contribution in [1.82, 2.24) is 0 Å². The highest BCUT2D eigenvalue weighted by Gasteiger charge is 2.21. The summed E-state index contributed by atoms with van der Waals surface area (Å²) in [4.78, 5) is 10.7. The molecule has 0 saturated heterocycles. The largest absolute Gasteiger partial charge is 0.508 e. The van der Waals surface area contributed by atoms with Gasteiger partial charge in [-0.1, -0.05) is 30.3 Å². The zero-order valence-corrected chi connectivity index (χ0v) is 8.29. The third-order valence-corrected chi connectivity index (χ3v) is 2.46. The molecule has 0 bridgehead atoms. The average Bonchev–Trinajstić information content (AvgIpc) is 2.28. The van der Waals surface area contributed by atoms with E-state index in [0.29, 0.717) is 5.39 Å². The van der Waals surface area contributed by atoms with Crippen LogP contribution in [-0.4, -0.2) is 21.3 Å². The van der Waals surface area contributed by atoms with Gasteiger partial charge in [-0.3, -0.25) is 0 Å². The minimum atomic E-state index is -1.72. The molecular formula is C12H10O4. The van der Waals surface area contributed by atoms with Gasteiger partial charge in [-0.25, -0.2) is 4.79 Å². The Balaban J connectivity index is 2.75. The molecule has 0 aliphatic carbocycles. The topological polar surface area (TPSA) is 77.8 Å². The number of hydrogen-bond donors (Lipinski definition) is 3. The predicted molar refractivity (Wildman–Crippen MR) is 58.2 cm³/mol. The van der Waals surface area contributed by atoms with Gasteiger partial charge in [-0.05, 0) is 16.8 Å². The summed E-state index contributed by atoms with van der Waals surface area (Å²) in [5.41, 5.74) is 0.0330. The number of carboxylic acid groups (broad SMARTS) is 1. The molecule has 0 aliphatic heterocycles. The van der Waals surface area contributed by atoms with Crippen LogP contribution in [0.25, 0.3) is 10.8 Å². The molecule has 0 amide bonds. The second kappa shape index (κ2) is 3.83. The number of phenolic OH excluding ortho intramolecular Hbond substituents is 1. The highest BCUT2D eigenvalue weighted by molar-refractivity contribution is 5.92. The molecular weight excluding hydrogens is 208 g/mol. The van der Waals surface area contributed by atoms with Crippen LogP contribution in [0.5, 0.6) is 5.75 Å². The molecule has 0 fully saturated rings. The maximum absolute atomic E-state index is 10.7. The highest BCUT2D eigenvalue weighted by Crippen LogP contribution is 2.32. The van der Waals surface area contributed by atoms with Gasteiger partial charge in [0.1, 0.15) is 5.75 Å². The van der Waals surface area contributed by atoms with Crippen molar-refractivity contribution in [2.45, 2.75) is 6.10 Å². The Morgan fingerprint density at radius 1 is 1.12 bits per heavy atom. The molecule has 2 aromatic rings. The van der Waals surface area contributed by atoms with Crippen LogP contribution in [0.2, 0.25) is 0 Å². The van der Waals surface area contributed by atoms with Gasteiger partial charge in [0.15, 0.2) is 6.10 Å². The van der Waals surface area contributed by atoms with E-state index in [1.165, 1.54) is 6.07 Å². The molecule has 4 heteroatoms. The Hall–Kier alpha value is -2.07. The Bertz CT molecular complexity index is 548. The number of carboxylic acids is 1. The lowest BCUT2D eigenvalue weighted by Gasteiger charge is -2.11. The van der Waals surface area contributed by atoms with Crippen LogP contribution in [0.4, 0.5) is 0 Å². The first-order chi connectivity index (χ1) is 7.61. The Morgan fingerprint density at radius 3 is 2.50 bits per heavy atom. The number of benzene rings is 2. The molecule has 0 aliphatic rings. The first-order valence-corrected chi connectivity index (χ1v) is 4.72. The summed E-state index contributed by atoms with van der Waals surface area (Å²) in [5.74, 6) is -1.60. The first-order valence-electron chi connectivity index (χ1n) is 4.72. The minimum absolute atomic E-state index is 0.0330. The molecule has 1 atom stereocenters. The summed E-state index contributed by atoms with van der Waals surface area (Å²) in [6.45, 7) is 0. The number of hydrogen-bond acceptors (Lipinski definition) is 3. The van der Waals surface area contributed by atoms with Gasteiger partial charge < -0.3 is 15.3 Å². The van der Waals surface area contributed by atoms with Crippen molar-refractivity contribution >= 4 is 16.7 Å². The summed E-state index contributed by atoms with van der Waals surface area (Å²) in [7, 11) is 0. The SMILES string of the molecule is O=C(O)[C@H](O)c1c(O)ccc2ccccc12. The van der Waals surface area contributed by atoms with Crippen molar-refractivity contribution in [2.24, 2.45) is 0 Å². The Morgan fingerprint density at radius 2 is 1.81 bits per heavy atom. The molecule has 0 radical (unpaired) electrons. The summed E-state index contributed by atoms with van der Waals surface area (Å²) in [6, 6.07) is 10.0. The van der Waals surface area contributed by atoms with Gasteiger partial charge in [-0.2, -0.15) is 0 Å². The second-order valence-corrected chi connectivity index (χ2v) is 3.46. The molecule has 3 N–H and O–H groups in total. The van der Waals surface area contributed by atoms with Crippen molar-refractivity contribution in [2.75, 3.05) is 0 Å². The van der Waals surface area contributed by atoms with E-state index in [4.69, 9.17) is 5.11 Å². The van der Waals surface area contributed by atoms with Crippen molar-refractivity contribution in [3.05, 3.63) is 42.0 Å². The first kappa shape index (κ1) is 10.4. The maximum atomic E-state index is 10.7. The number of fused-ring (bicyclic) bond motifs is 1. The molecule has 0 aromatic heterocycles. The average molecular weight is 218 g/mol. The number of phenols is 1. The van der Waals surface area contributed by atoms with E-state index < -0.39 is 12.1 Å². The predicted octanol–water partition coefficient (Wildman–Crippen LogP) is 1.66. The van der Waals surface area contributed by atoms with Gasteiger partial charge in [0, 0.05) is 5.56 Å². The summed E-state index contributed by atoms with van der Waals surface area (Å²) >= 11 is 0. The van der Waals surface area contributed by atoms with Crippen molar-refractivity contribution in [3.8, 4) is 5.75 Å². The fourth-order valence-electron chi connectivity index (χ4n) is 1.69. The molecule has 16 heavy (non-hydrogen) atoms. The highest BCUT2D eigenvalue weighted by atomic mass is 16.4. The summed E-state index contributed by atoms with van der Waals surface area (Å²) < 4.78 is 0. The second-order valence-electron chi connectivity index (χ2n) is 3.46. The van der Waals surface area contributed by atoms with Crippen molar-refractivity contribution in [1.29, 1.82) is 0 Å². The van der Waals surface area contributed by atoms with E-state index in [1.54, 1.807) is 30.3 Å². The van der Waals surface area contributed by atoms with Crippen LogP contribution < -0.4 is 0 Å². The van der Waals surface area contributed by atoms with E-state index >= 15 is 0 Å². The van der Waals surface area contributed by atoms with E-state index in [2.05, 4.69) is 0 Å². The molecule has 2 aromatic carbocycles. The molecule has 0 heterocycles. The third kappa shape index (κ3) is 1.59. The maximum Gasteiger partial charge on any atom is 0.337 e. The quantitative estimate of drug-likeness (QED) is 0.716. The van der Waals surface area contributed by atoms with E-state index in [1.807, 2.05) is 0 Å². The number of carbonyl (C=O) groups is 1. The minimum Gasteiger partial charge on any atom is -0.508 e. The van der Waals surface area contributed by atoms with E-state index in [9.17, 15) is 15.0 Å². The van der Waals surface area contributed by atoms with Gasteiger partial charge in [0.2, 0.25) is 0 Å². The molecule has 4 nitrogen and oxygen atoms in total. The zero-order valence-electron chi connectivity index (χ0n) is 8.29. The van der Waals surface area contributed by atoms with Crippen LogP contribution in [0.15, 0.2) is 36.4 Å². The smallest absolute Gasteiger partial charge is 0.337 e. The molecule has 0 saturated carbocycles. The Kier molecular flexibility index (Phi) is 2.50. The fourth-order valence-corrected chi connectivity index (χ4v) is 1.69. The van der Waals surface area contributed by atoms with Gasteiger partial charge in [0.25, 0.3) is 0 Å². The van der Waals surface area contributed by atoms with Crippen LogP contribution in [0.3, 0.4) is 0 Å². The van der Waals surface area contributed by atoms with Crippen LogP contribution in [0, 0.1) is 0 Å². The lowest BCUT2D eigenvalue weighted by Crippen LogP contribution is -2.11. The molecule has 0 spiro atoms. The number of rotatable bonds is 2. The van der Waals surface area contributed by atoms with Gasteiger partial charge >= 0.3 is 5.97 Å². The van der Waals surface area contributed by atoms with Crippen LogP contribution in [-0.2, 0) is 4.79 Å². The van der Waals surface area contributed by atoms with Crippen LogP contribution in [0.1, 0.15) is 11.7 Å². The number of aromatic hydroxyl groups is 1. The third-order valence-electron chi connectivity index (χ3n) is 2.46. The van der Waals surface area contributed by atoms with Crippen molar-refractivity contribution < 1.29 is 20.1 Å². The van der Waals surface area contributed by atoms with Gasteiger partial charge in [0.05, 0.1) is 0 Å². The Labute approximate surface area is 91.4 Å². The standard InChI is InChI=1S/C12H10O4/c13-9-6-5-7-3-1-2-4-8(7)10(9)11(14)12(15)16/h1-6,11,13-14H,(H,15,16)/t11-/m1/s1. The lowest BCUT2D eigenvalue weighted by atomic mass is 9.99. The monoisotopic (exact) mass is 218 g/mol. The van der Waals surface area contributed by atoms with Crippen LogP contribution >= 0.6 is 0 Å². The molecule has 82 valence electrons. The molecule has 2 rings (SSSR count). The van der Waals surface area contributed by atoms with E-state index in [-0.39, 0.29) is 11.3 Å². The number of aliphatic carboxylic acids is 1. The van der Waals surface area contributed by atoms with Gasteiger partial charge in [-0.15, -0.1) is 0 Å². The normalized spacial score (nSPS) is 12.6. The zero-order chi connectivity index (χ0) is 11.7. The lowest BCUT2D eigenvalue weighted by molar-refractivity contribution is -0.146.